The van der Waals surface area contributed by atoms with Crippen molar-refractivity contribution in [3.05, 3.63) is 35.9 Å². The van der Waals surface area contributed by atoms with Crippen molar-refractivity contribution in [3.8, 4) is 0 Å². The van der Waals surface area contributed by atoms with Crippen molar-refractivity contribution >= 4 is 6.03 Å². The van der Waals surface area contributed by atoms with E-state index >= 15 is 0 Å². The quantitative estimate of drug-likeness (QED) is 0.757. The largest absolute Gasteiger partial charge is 0.394 e. The smallest absolute Gasteiger partial charge is 0.315 e. The maximum atomic E-state index is 11.7. The predicted octanol–water partition coefficient (Wildman–Crippen LogP) is 1.79. The molecule has 0 heterocycles. The van der Waals surface area contributed by atoms with Crippen LogP contribution in [0, 0.1) is 0 Å². The third kappa shape index (κ3) is 3.26. The Labute approximate surface area is 114 Å². The lowest BCUT2D eigenvalue weighted by Crippen LogP contribution is -2.50. The van der Waals surface area contributed by atoms with Crippen molar-refractivity contribution < 1.29 is 9.90 Å². The zero-order chi connectivity index (χ0) is 13.7. The minimum absolute atomic E-state index is 0.0444. The summed E-state index contributed by atoms with van der Waals surface area (Å²) in [7, 11) is 0. The molecule has 0 bridgehead atoms. The third-order valence-electron chi connectivity index (χ3n) is 3.94. The standard InChI is InChI=1S/C15H22N2O2/c1-12(10-18)17-14(19)16-11-15(8-5-9-15)13-6-3-2-4-7-13/h2-4,6-7,12,18H,5,8-11H2,1H3,(H2,16,17,19). The molecule has 0 radical (unpaired) electrons. The molecule has 2 amide bonds. The summed E-state index contributed by atoms with van der Waals surface area (Å²) in [5.41, 5.74) is 1.40. The molecule has 104 valence electrons. The first-order valence-electron chi connectivity index (χ1n) is 6.87. The van der Waals surface area contributed by atoms with Crippen LogP contribution < -0.4 is 10.6 Å². The Morgan fingerprint density at radius 1 is 1.37 bits per heavy atom. The van der Waals surface area contributed by atoms with Crippen LogP contribution >= 0.6 is 0 Å². The Kier molecular flexibility index (Phi) is 4.43. The molecule has 1 aromatic rings. The predicted molar refractivity (Wildman–Crippen MR) is 75.1 cm³/mol. The van der Waals surface area contributed by atoms with Crippen LogP contribution in [0.15, 0.2) is 30.3 Å². The average Bonchev–Trinajstić information content (AvgIpc) is 2.38. The average molecular weight is 262 g/mol. The summed E-state index contributed by atoms with van der Waals surface area (Å²) in [6.07, 6.45) is 3.45. The van der Waals surface area contributed by atoms with E-state index in [0.717, 1.165) is 12.8 Å². The second kappa shape index (κ2) is 6.06. The third-order valence-corrected chi connectivity index (χ3v) is 3.94. The molecule has 0 saturated heterocycles. The first kappa shape index (κ1) is 13.9. The lowest BCUT2D eigenvalue weighted by Gasteiger charge is -2.42. The molecule has 0 aliphatic heterocycles. The van der Waals surface area contributed by atoms with Crippen molar-refractivity contribution in [2.75, 3.05) is 13.2 Å². The fourth-order valence-corrected chi connectivity index (χ4v) is 2.53. The van der Waals surface area contributed by atoms with E-state index in [0.29, 0.717) is 6.54 Å². The summed E-state index contributed by atoms with van der Waals surface area (Å²) in [5, 5.41) is 14.5. The highest BCUT2D eigenvalue weighted by Crippen LogP contribution is 2.43. The first-order chi connectivity index (χ1) is 9.16. The molecule has 2 rings (SSSR count). The first-order valence-corrected chi connectivity index (χ1v) is 6.87. The van der Waals surface area contributed by atoms with Crippen LogP contribution in [0.5, 0.6) is 0 Å². The van der Waals surface area contributed by atoms with E-state index in [1.807, 2.05) is 18.2 Å². The van der Waals surface area contributed by atoms with Crippen LogP contribution in [-0.2, 0) is 5.41 Å². The van der Waals surface area contributed by atoms with Gasteiger partial charge in [-0.25, -0.2) is 4.79 Å². The van der Waals surface area contributed by atoms with Crippen LogP contribution in [-0.4, -0.2) is 30.3 Å². The Morgan fingerprint density at radius 2 is 2.05 bits per heavy atom. The molecule has 4 heteroatoms. The molecular weight excluding hydrogens is 240 g/mol. The molecule has 19 heavy (non-hydrogen) atoms. The molecule has 1 aliphatic rings. The van der Waals surface area contributed by atoms with Gasteiger partial charge in [0.15, 0.2) is 0 Å². The fourth-order valence-electron chi connectivity index (χ4n) is 2.53. The van der Waals surface area contributed by atoms with Gasteiger partial charge in [-0.3, -0.25) is 0 Å². The van der Waals surface area contributed by atoms with Crippen LogP contribution in [0.25, 0.3) is 0 Å². The summed E-state index contributed by atoms with van der Waals surface area (Å²) in [6.45, 7) is 2.38. The van der Waals surface area contributed by atoms with Gasteiger partial charge in [0.2, 0.25) is 0 Å². The van der Waals surface area contributed by atoms with Gasteiger partial charge in [0.1, 0.15) is 0 Å². The van der Waals surface area contributed by atoms with E-state index in [4.69, 9.17) is 5.11 Å². The highest BCUT2D eigenvalue weighted by molar-refractivity contribution is 5.74. The van der Waals surface area contributed by atoms with Gasteiger partial charge < -0.3 is 15.7 Å². The normalized spacial score (nSPS) is 18.2. The number of aliphatic hydroxyl groups excluding tert-OH is 1. The summed E-state index contributed by atoms with van der Waals surface area (Å²) in [4.78, 5) is 11.7. The lowest BCUT2D eigenvalue weighted by atomic mass is 9.64. The lowest BCUT2D eigenvalue weighted by molar-refractivity contribution is 0.204. The van der Waals surface area contributed by atoms with Crippen molar-refractivity contribution in [1.29, 1.82) is 0 Å². The minimum Gasteiger partial charge on any atom is -0.394 e. The molecule has 0 spiro atoms. The van der Waals surface area contributed by atoms with Crippen molar-refractivity contribution in [2.24, 2.45) is 0 Å². The maximum absolute atomic E-state index is 11.7. The molecule has 1 saturated carbocycles. The van der Waals surface area contributed by atoms with Crippen LogP contribution in [0.4, 0.5) is 4.79 Å². The molecule has 3 N–H and O–H groups in total. The summed E-state index contributed by atoms with van der Waals surface area (Å²) >= 11 is 0. The molecule has 1 atom stereocenters. The summed E-state index contributed by atoms with van der Waals surface area (Å²) < 4.78 is 0. The Balaban J connectivity index is 1.92. The molecule has 4 nitrogen and oxygen atoms in total. The second-order valence-electron chi connectivity index (χ2n) is 5.41. The van der Waals surface area contributed by atoms with Crippen molar-refractivity contribution in [1.82, 2.24) is 10.6 Å². The number of rotatable bonds is 5. The maximum Gasteiger partial charge on any atom is 0.315 e. The van der Waals surface area contributed by atoms with Gasteiger partial charge in [0.25, 0.3) is 0 Å². The van der Waals surface area contributed by atoms with Crippen LogP contribution in [0.2, 0.25) is 0 Å². The number of carbonyl (C=O) groups excluding carboxylic acids is 1. The molecular formula is C15H22N2O2. The Morgan fingerprint density at radius 3 is 2.58 bits per heavy atom. The summed E-state index contributed by atoms with van der Waals surface area (Å²) in [6, 6.07) is 9.95. The highest BCUT2D eigenvalue weighted by Gasteiger charge is 2.38. The van der Waals surface area contributed by atoms with Gasteiger partial charge in [-0.15, -0.1) is 0 Å². The summed E-state index contributed by atoms with van der Waals surface area (Å²) in [5.74, 6) is 0. The van der Waals surface area contributed by atoms with Crippen LogP contribution in [0.3, 0.4) is 0 Å². The van der Waals surface area contributed by atoms with E-state index in [2.05, 4.69) is 22.8 Å². The minimum atomic E-state index is -0.214. The fraction of sp³-hybridized carbons (Fsp3) is 0.533. The van der Waals surface area contributed by atoms with Gasteiger partial charge in [-0.05, 0) is 25.3 Å². The Bertz CT molecular complexity index is 415. The SMILES string of the molecule is CC(CO)NC(=O)NCC1(c2ccccc2)CCC1. The molecule has 0 aromatic heterocycles. The van der Waals surface area contributed by atoms with E-state index in [9.17, 15) is 4.79 Å². The van der Waals surface area contributed by atoms with Crippen molar-refractivity contribution in [3.63, 3.8) is 0 Å². The monoisotopic (exact) mass is 262 g/mol. The van der Waals surface area contributed by atoms with Crippen molar-refractivity contribution in [2.45, 2.75) is 37.6 Å². The number of nitrogens with one attached hydrogen (secondary N) is 2. The van der Waals surface area contributed by atoms with E-state index in [1.165, 1.54) is 12.0 Å². The zero-order valence-corrected chi connectivity index (χ0v) is 11.4. The number of hydrogen-bond acceptors (Lipinski definition) is 2. The van der Waals surface area contributed by atoms with Gasteiger partial charge in [-0.1, -0.05) is 36.8 Å². The molecule has 1 unspecified atom stereocenters. The number of amides is 2. The second-order valence-corrected chi connectivity index (χ2v) is 5.41. The van der Waals surface area contributed by atoms with Gasteiger partial charge in [-0.2, -0.15) is 0 Å². The van der Waals surface area contributed by atoms with E-state index in [-0.39, 0.29) is 24.1 Å². The van der Waals surface area contributed by atoms with E-state index in [1.54, 1.807) is 6.92 Å². The number of hydrogen-bond donors (Lipinski definition) is 3. The van der Waals surface area contributed by atoms with Gasteiger partial charge in [0, 0.05) is 12.0 Å². The zero-order valence-electron chi connectivity index (χ0n) is 11.4. The molecule has 1 fully saturated rings. The van der Waals surface area contributed by atoms with Gasteiger partial charge in [0.05, 0.1) is 12.6 Å². The van der Waals surface area contributed by atoms with Crippen LogP contribution in [0.1, 0.15) is 31.7 Å². The molecule has 1 aliphatic carbocycles. The van der Waals surface area contributed by atoms with Gasteiger partial charge >= 0.3 is 6.03 Å². The number of carbonyl (C=O) groups is 1. The van der Waals surface area contributed by atoms with E-state index < -0.39 is 0 Å². The topological polar surface area (TPSA) is 61.4 Å². The number of aliphatic hydroxyl groups is 1. The Hall–Kier alpha value is -1.55. The highest BCUT2D eigenvalue weighted by atomic mass is 16.3. The number of urea groups is 1. The molecule has 1 aromatic carbocycles. The number of benzene rings is 1.